The number of carbonyl (C=O) groups excluding carboxylic acids is 2. The molecule has 1 saturated carbocycles. The van der Waals surface area contributed by atoms with Crippen molar-refractivity contribution in [3.63, 3.8) is 0 Å². The third-order valence-electron chi connectivity index (χ3n) is 7.23. The van der Waals surface area contributed by atoms with Gasteiger partial charge in [-0.25, -0.2) is 12.8 Å². The summed E-state index contributed by atoms with van der Waals surface area (Å²) in [5.41, 5.74) is 1.70. The minimum Gasteiger partial charge on any atom is -0.352 e. The van der Waals surface area contributed by atoms with E-state index in [0.29, 0.717) is 15.6 Å². The average molecular weight is 621 g/mol. The molecule has 0 spiro atoms. The number of anilines is 1. The molecule has 1 aliphatic rings. The van der Waals surface area contributed by atoms with E-state index in [1.54, 1.807) is 49.4 Å². The minimum absolute atomic E-state index is 0.0314. The topological polar surface area (TPSA) is 86.8 Å². The number of aryl methyl sites for hydroxylation is 1. The molecule has 1 aliphatic carbocycles. The number of halogens is 3. The van der Waals surface area contributed by atoms with E-state index in [9.17, 15) is 22.4 Å². The molecule has 41 heavy (non-hydrogen) atoms. The van der Waals surface area contributed by atoms with E-state index in [0.717, 1.165) is 59.8 Å². The summed E-state index contributed by atoms with van der Waals surface area (Å²) in [5.74, 6) is -1.54. The number of nitrogens with zero attached hydrogens (tertiary/aromatic N) is 2. The smallest absolute Gasteiger partial charge is 0.264 e. The van der Waals surface area contributed by atoms with Gasteiger partial charge in [0.1, 0.15) is 18.4 Å². The highest BCUT2D eigenvalue weighted by atomic mass is 35.5. The highest BCUT2D eigenvalue weighted by molar-refractivity contribution is 7.92. The Balaban J connectivity index is 1.70. The van der Waals surface area contributed by atoms with E-state index in [-0.39, 0.29) is 29.1 Å². The zero-order valence-electron chi connectivity index (χ0n) is 22.8. The molecule has 0 aliphatic heterocycles. The summed E-state index contributed by atoms with van der Waals surface area (Å²) >= 11 is 12.5. The van der Waals surface area contributed by atoms with Crippen molar-refractivity contribution in [3.8, 4) is 0 Å². The fourth-order valence-corrected chi connectivity index (χ4v) is 6.66. The molecule has 218 valence electrons. The first-order valence-corrected chi connectivity index (χ1v) is 15.5. The summed E-state index contributed by atoms with van der Waals surface area (Å²) in [6, 6.07) is 15.0. The number of nitrogens with one attached hydrogen (secondary N) is 1. The normalized spacial score (nSPS) is 14.5. The van der Waals surface area contributed by atoms with Gasteiger partial charge in [-0.2, -0.15) is 0 Å². The van der Waals surface area contributed by atoms with Crippen LogP contribution in [0, 0.1) is 12.7 Å². The van der Waals surface area contributed by atoms with Crippen LogP contribution in [0.1, 0.15) is 43.7 Å². The third-order valence-corrected chi connectivity index (χ3v) is 9.60. The van der Waals surface area contributed by atoms with E-state index in [4.69, 9.17) is 23.2 Å². The molecule has 0 heterocycles. The second-order valence-corrected chi connectivity index (χ2v) is 12.9. The Morgan fingerprint density at radius 1 is 1.00 bits per heavy atom. The van der Waals surface area contributed by atoms with Crippen LogP contribution in [0.2, 0.25) is 10.0 Å². The number of hydrogen-bond acceptors (Lipinski definition) is 4. The molecule has 0 aromatic heterocycles. The first-order chi connectivity index (χ1) is 19.5. The molecular formula is C30H32Cl2FN3O4S. The SMILES string of the molecule is Cc1ccc(N(CC(=O)N(Cc2ccc(Cl)cc2Cl)[C@H](C)C(=O)NC2CCCC2)S(=O)(=O)c2ccc(F)cc2)cc1. The molecule has 0 bridgehead atoms. The van der Waals surface area contributed by atoms with E-state index >= 15 is 0 Å². The highest BCUT2D eigenvalue weighted by Gasteiger charge is 2.33. The summed E-state index contributed by atoms with van der Waals surface area (Å²) in [6.45, 7) is 2.81. The fourth-order valence-electron chi connectivity index (χ4n) is 4.78. The lowest BCUT2D eigenvalue weighted by Gasteiger charge is -2.32. The largest absolute Gasteiger partial charge is 0.352 e. The van der Waals surface area contributed by atoms with Gasteiger partial charge in [-0.3, -0.25) is 13.9 Å². The molecule has 1 N–H and O–H groups in total. The summed E-state index contributed by atoms with van der Waals surface area (Å²) < 4.78 is 42.2. The molecule has 0 unspecified atom stereocenters. The van der Waals surface area contributed by atoms with Gasteiger partial charge in [0.2, 0.25) is 11.8 Å². The van der Waals surface area contributed by atoms with Crippen LogP contribution >= 0.6 is 23.2 Å². The second-order valence-electron chi connectivity index (χ2n) is 10.2. The first-order valence-electron chi connectivity index (χ1n) is 13.3. The van der Waals surface area contributed by atoms with Crippen molar-refractivity contribution in [2.45, 2.75) is 63.1 Å². The van der Waals surface area contributed by atoms with Crippen LogP contribution in [0.3, 0.4) is 0 Å². The van der Waals surface area contributed by atoms with Gasteiger partial charge in [0.25, 0.3) is 10.0 Å². The van der Waals surface area contributed by atoms with Crippen LogP contribution in [0.4, 0.5) is 10.1 Å². The van der Waals surface area contributed by atoms with Crippen LogP contribution in [0.25, 0.3) is 0 Å². The highest BCUT2D eigenvalue weighted by Crippen LogP contribution is 2.27. The van der Waals surface area contributed by atoms with Crippen LogP contribution in [-0.2, 0) is 26.2 Å². The molecule has 3 aromatic carbocycles. The molecule has 2 amide bonds. The maximum absolute atomic E-state index is 14.0. The number of hydrogen-bond donors (Lipinski definition) is 1. The molecule has 1 fully saturated rings. The number of benzene rings is 3. The van der Waals surface area contributed by atoms with Crippen molar-refractivity contribution in [1.29, 1.82) is 0 Å². The maximum Gasteiger partial charge on any atom is 0.264 e. The van der Waals surface area contributed by atoms with Gasteiger partial charge in [0, 0.05) is 22.6 Å². The van der Waals surface area contributed by atoms with Gasteiger partial charge < -0.3 is 10.2 Å². The Morgan fingerprint density at radius 2 is 1.63 bits per heavy atom. The zero-order chi connectivity index (χ0) is 29.7. The molecule has 1 atom stereocenters. The van der Waals surface area contributed by atoms with Gasteiger partial charge in [-0.05, 0) is 80.8 Å². The van der Waals surface area contributed by atoms with Crippen LogP contribution in [0.15, 0.2) is 71.6 Å². The number of amides is 2. The Bertz CT molecular complexity index is 1500. The molecular weight excluding hydrogens is 588 g/mol. The quantitative estimate of drug-likeness (QED) is 0.296. The van der Waals surface area contributed by atoms with E-state index in [1.807, 2.05) is 6.92 Å². The third kappa shape index (κ3) is 7.58. The number of rotatable bonds is 10. The van der Waals surface area contributed by atoms with Crippen molar-refractivity contribution in [1.82, 2.24) is 10.2 Å². The van der Waals surface area contributed by atoms with Crippen molar-refractivity contribution < 1.29 is 22.4 Å². The first kappa shape index (κ1) is 30.8. The van der Waals surface area contributed by atoms with E-state index in [1.165, 1.54) is 4.90 Å². The summed E-state index contributed by atoms with van der Waals surface area (Å²) in [4.78, 5) is 28.4. The molecule has 0 saturated heterocycles. The van der Waals surface area contributed by atoms with Crippen LogP contribution in [-0.4, -0.2) is 43.8 Å². The predicted octanol–water partition coefficient (Wildman–Crippen LogP) is 6.11. The molecule has 11 heteroatoms. The van der Waals surface area contributed by atoms with Gasteiger partial charge in [-0.1, -0.05) is 59.8 Å². The number of carbonyl (C=O) groups is 2. The maximum atomic E-state index is 14.0. The average Bonchev–Trinajstić information content (AvgIpc) is 3.44. The Hall–Kier alpha value is -3.14. The van der Waals surface area contributed by atoms with E-state index in [2.05, 4.69) is 5.32 Å². The molecule has 0 radical (unpaired) electrons. The molecule has 7 nitrogen and oxygen atoms in total. The Kier molecular flexibility index (Phi) is 9.94. The Labute approximate surface area is 250 Å². The second kappa shape index (κ2) is 13.2. The van der Waals surface area contributed by atoms with Crippen molar-refractivity contribution in [2.75, 3.05) is 10.8 Å². The predicted molar refractivity (Wildman–Crippen MR) is 159 cm³/mol. The summed E-state index contributed by atoms with van der Waals surface area (Å²) in [6.07, 6.45) is 3.78. The van der Waals surface area contributed by atoms with Gasteiger partial charge in [0.05, 0.1) is 10.6 Å². The van der Waals surface area contributed by atoms with E-state index < -0.39 is 34.3 Å². The van der Waals surface area contributed by atoms with Gasteiger partial charge in [-0.15, -0.1) is 0 Å². The van der Waals surface area contributed by atoms with Gasteiger partial charge in [0.15, 0.2) is 0 Å². The zero-order valence-corrected chi connectivity index (χ0v) is 25.1. The van der Waals surface area contributed by atoms with Crippen molar-refractivity contribution in [2.24, 2.45) is 0 Å². The van der Waals surface area contributed by atoms with Crippen molar-refractivity contribution in [3.05, 3.63) is 93.7 Å². The minimum atomic E-state index is -4.29. The van der Waals surface area contributed by atoms with Crippen LogP contribution in [0.5, 0.6) is 0 Å². The Morgan fingerprint density at radius 3 is 2.24 bits per heavy atom. The lowest BCUT2D eigenvalue weighted by atomic mass is 10.1. The monoisotopic (exact) mass is 619 g/mol. The van der Waals surface area contributed by atoms with Crippen LogP contribution < -0.4 is 9.62 Å². The van der Waals surface area contributed by atoms with Crippen molar-refractivity contribution >= 4 is 50.7 Å². The van der Waals surface area contributed by atoms with Gasteiger partial charge >= 0.3 is 0 Å². The number of sulfonamides is 1. The fraction of sp³-hybridized carbons (Fsp3) is 0.333. The standard InChI is InChI=1S/C30H32Cl2FN3O4S/c1-20-7-13-26(14-8-20)36(41(39,40)27-15-11-24(33)12-16-27)19-29(37)35(18-22-9-10-23(31)17-28(22)32)21(2)30(38)34-25-5-3-4-6-25/h7-17,21,25H,3-6,18-19H2,1-2H3,(H,34,38)/t21-/m1/s1. The molecule has 3 aromatic rings. The summed E-state index contributed by atoms with van der Waals surface area (Å²) in [7, 11) is -4.29. The lowest BCUT2D eigenvalue weighted by Crippen LogP contribution is -2.52. The molecule has 4 rings (SSSR count). The lowest BCUT2D eigenvalue weighted by molar-refractivity contribution is -0.139. The summed E-state index contributed by atoms with van der Waals surface area (Å²) in [5, 5.41) is 3.75.